The highest BCUT2D eigenvalue weighted by Gasteiger charge is 2.37. The Morgan fingerprint density at radius 1 is 1.47 bits per heavy atom. The predicted molar refractivity (Wildman–Crippen MR) is 64.8 cm³/mol. The van der Waals surface area contributed by atoms with Gasteiger partial charge in [0.1, 0.15) is 5.82 Å². The fourth-order valence-electron chi connectivity index (χ4n) is 2.22. The Morgan fingerprint density at radius 3 is 2.84 bits per heavy atom. The van der Waals surface area contributed by atoms with Gasteiger partial charge >= 0.3 is 6.18 Å². The van der Waals surface area contributed by atoms with Crippen molar-refractivity contribution in [1.29, 1.82) is 0 Å². The Hall–Kier alpha value is -1.34. The van der Waals surface area contributed by atoms with Crippen molar-refractivity contribution in [3.8, 4) is 0 Å². The number of aromatic nitrogens is 1. The molecule has 2 heterocycles. The molecule has 0 spiro atoms. The molecule has 1 aromatic heterocycles. The van der Waals surface area contributed by atoms with Gasteiger partial charge in [0.05, 0.1) is 17.8 Å². The summed E-state index contributed by atoms with van der Waals surface area (Å²) in [5.41, 5.74) is 4.81. The van der Waals surface area contributed by atoms with E-state index in [1.54, 1.807) is 4.90 Å². The Bertz CT molecular complexity index is 438. The number of nitrogens with two attached hydrogens (primary N) is 1. The van der Waals surface area contributed by atoms with Crippen molar-refractivity contribution in [2.24, 2.45) is 5.73 Å². The van der Waals surface area contributed by atoms with Crippen LogP contribution < -0.4 is 10.6 Å². The third-order valence-corrected chi connectivity index (χ3v) is 2.98. The lowest BCUT2D eigenvalue weighted by molar-refractivity contribution is -0.137. The summed E-state index contributed by atoms with van der Waals surface area (Å²) >= 11 is 0. The maximum atomic E-state index is 13.0. The van der Waals surface area contributed by atoms with Crippen LogP contribution in [0.3, 0.4) is 0 Å². The van der Waals surface area contributed by atoms with E-state index < -0.39 is 11.7 Å². The van der Waals surface area contributed by atoms with Crippen molar-refractivity contribution in [1.82, 2.24) is 4.98 Å². The van der Waals surface area contributed by atoms with Crippen molar-refractivity contribution in [3.63, 3.8) is 0 Å². The van der Waals surface area contributed by atoms with Crippen LogP contribution in [0.4, 0.5) is 19.0 Å². The summed E-state index contributed by atoms with van der Waals surface area (Å²) in [6.45, 7) is 2.78. The normalized spacial score (nSPS) is 24.6. The molecule has 2 unspecified atom stereocenters. The number of hydrogen-bond acceptors (Lipinski definition) is 4. The summed E-state index contributed by atoms with van der Waals surface area (Å²) in [5, 5.41) is 0. The van der Waals surface area contributed by atoms with Crippen LogP contribution in [-0.4, -0.2) is 36.8 Å². The van der Waals surface area contributed by atoms with Crippen LogP contribution in [0.25, 0.3) is 0 Å². The van der Waals surface area contributed by atoms with Crippen LogP contribution in [0.5, 0.6) is 0 Å². The van der Waals surface area contributed by atoms with Crippen molar-refractivity contribution >= 4 is 5.82 Å². The number of rotatable bonds is 2. The average molecular weight is 275 g/mol. The molecule has 1 aliphatic heterocycles. The van der Waals surface area contributed by atoms with E-state index in [1.807, 2.05) is 6.92 Å². The molecule has 0 saturated carbocycles. The molecule has 1 saturated heterocycles. The van der Waals surface area contributed by atoms with Crippen LogP contribution in [0.2, 0.25) is 0 Å². The summed E-state index contributed by atoms with van der Waals surface area (Å²) in [6, 6.07) is 2.33. The average Bonchev–Trinajstić information content (AvgIpc) is 2.37. The zero-order valence-corrected chi connectivity index (χ0v) is 10.5. The first kappa shape index (κ1) is 14.1. The molecule has 1 aromatic rings. The van der Waals surface area contributed by atoms with E-state index in [1.165, 1.54) is 12.3 Å². The van der Waals surface area contributed by atoms with Gasteiger partial charge in [-0.1, -0.05) is 0 Å². The minimum Gasteiger partial charge on any atom is -0.370 e. The quantitative estimate of drug-likeness (QED) is 0.891. The lowest BCUT2D eigenvalue weighted by Crippen LogP contribution is -2.50. The van der Waals surface area contributed by atoms with Gasteiger partial charge in [-0.25, -0.2) is 4.98 Å². The van der Waals surface area contributed by atoms with E-state index in [0.717, 1.165) is 6.07 Å². The number of nitrogens with zero attached hydrogens (tertiary/aromatic N) is 2. The summed E-state index contributed by atoms with van der Waals surface area (Å²) in [6.07, 6.45) is -3.50. The van der Waals surface area contributed by atoms with Crippen LogP contribution in [0.1, 0.15) is 12.5 Å². The number of hydrogen-bond donors (Lipinski definition) is 1. The van der Waals surface area contributed by atoms with Gasteiger partial charge in [-0.15, -0.1) is 0 Å². The molecule has 0 bridgehead atoms. The molecule has 2 rings (SSSR count). The Labute approximate surface area is 109 Å². The first-order chi connectivity index (χ1) is 8.91. The van der Waals surface area contributed by atoms with E-state index >= 15 is 0 Å². The summed E-state index contributed by atoms with van der Waals surface area (Å²) in [4.78, 5) is 5.47. The lowest BCUT2D eigenvalue weighted by atomic mass is 10.1. The Balaban J connectivity index is 2.31. The second-order valence-electron chi connectivity index (χ2n) is 4.58. The maximum Gasteiger partial charge on any atom is 0.419 e. The largest absolute Gasteiger partial charge is 0.419 e. The fourth-order valence-corrected chi connectivity index (χ4v) is 2.22. The molecule has 1 fully saturated rings. The van der Waals surface area contributed by atoms with E-state index in [4.69, 9.17) is 10.5 Å². The van der Waals surface area contributed by atoms with Gasteiger partial charge in [-0.3, -0.25) is 0 Å². The van der Waals surface area contributed by atoms with Gasteiger partial charge in [0, 0.05) is 25.8 Å². The SMILES string of the molecule is CC1CN(c2ncccc2C(F)(F)F)CC(CN)O1. The van der Waals surface area contributed by atoms with Crippen LogP contribution in [0, 0.1) is 0 Å². The highest BCUT2D eigenvalue weighted by molar-refractivity contribution is 5.49. The molecule has 4 nitrogen and oxygen atoms in total. The number of anilines is 1. The highest BCUT2D eigenvalue weighted by atomic mass is 19.4. The van der Waals surface area contributed by atoms with Gasteiger partial charge in [-0.2, -0.15) is 13.2 Å². The third kappa shape index (κ3) is 3.16. The van der Waals surface area contributed by atoms with Gasteiger partial charge in [0.25, 0.3) is 0 Å². The number of ether oxygens (including phenoxy) is 1. The molecule has 7 heteroatoms. The monoisotopic (exact) mass is 275 g/mol. The summed E-state index contributed by atoms with van der Waals surface area (Å²) in [7, 11) is 0. The predicted octanol–water partition coefficient (Wildman–Crippen LogP) is 1.65. The molecule has 0 amide bonds. The van der Waals surface area contributed by atoms with E-state index in [-0.39, 0.29) is 24.6 Å². The summed E-state index contributed by atoms with van der Waals surface area (Å²) < 4.78 is 44.4. The van der Waals surface area contributed by atoms with Crippen molar-refractivity contribution in [2.75, 3.05) is 24.5 Å². The summed E-state index contributed by atoms with van der Waals surface area (Å²) in [5.74, 6) is -0.0522. The van der Waals surface area contributed by atoms with E-state index in [9.17, 15) is 13.2 Å². The topological polar surface area (TPSA) is 51.4 Å². The minimum atomic E-state index is -4.41. The molecular formula is C12H16F3N3O. The van der Waals surface area contributed by atoms with Crippen molar-refractivity contribution < 1.29 is 17.9 Å². The maximum absolute atomic E-state index is 13.0. The van der Waals surface area contributed by atoms with Gasteiger partial charge in [0.15, 0.2) is 0 Å². The highest BCUT2D eigenvalue weighted by Crippen LogP contribution is 2.35. The first-order valence-corrected chi connectivity index (χ1v) is 6.04. The second-order valence-corrected chi connectivity index (χ2v) is 4.58. The smallest absolute Gasteiger partial charge is 0.370 e. The first-order valence-electron chi connectivity index (χ1n) is 6.04. The van der Waals surface area contributed by atoms with Gasteiger partial charge in [-0.05, 0) is 19.1 Å². The number of alkyl halides is 3. The molecule has 19 heavy (non-hydrogen) atoms. The zero-order chi connectivity index (χ0) is 14.0. The van der Waals surface area contributed by atoms with Crippen molar-refractivity contribution in [3.05, 3.63) is 23.9 Å². The third-order valence-electron chi connectivity index (χ3n) is 2.98. The fraction of sp³-hybridized carbons (Fsp3) is 0.583. The molecule has 0 aromatic carbocycles. The molecule has 106 valence electrons. The standard InChI is InChI=1S/C12H16F3N3O/c1-8-6-18(7-9(5-16)19-8)11-10(12(13,14)15)3-2-4-17-11/h2-4,8-9H,5-7,16H2,1H3. The van der Waals surface area contributed by atoms with Crippen LogP contribution >= 0.6 is 0 Å². The minimum absolute atomic E-state index is 0.0522. The molecular weight excluding hydrogens is 259 g/mol. The molecule has 2 N–H and O–H groups in total. The molecule has 2 atom stereocenters. The zero-order valence-electron chi connectivity index (χ0n) is 10.5. The molecule has 1 aliphatic rings. The van der Waals surface area contributed by atoms with Crippen LogP contribution in [0.15, 0.2) is 18.3 Å². The molecule has 0 aliphatic carbocycles. The number of morpholine rings is 1. The Kier molecular flexibility index (Phi) is 3.96. The molecule has 0 radical (unpaired) electrons. The lowest BCUT2D eigenvalue weighted by Gasteiger charge is -2.37. The van der Waals surface area contributed by atoms with E-state index in [0.29, 0.717) is 13.1 Å². The van der Waals surface area contributed by atoms with Crippen molar-refractivity contribution in [2.45, 2.75) is 25.3 Å². The Morgan fingerprint density at radius 2 is 2.21 bits per heavy atom. The van der Waals surface area contributed by atoms with Gasteiger partial charge in [0.2, 0.25) is 0 Å². The van der Waals surface area contributed by atoms with Crippen LogP contribution in [-0.2, 0) is 10.9 Å². The second kappa shape index (κ2) is 5.34. The van der Waals surface area contributed by atoms with Gasteiger partial charge < -0.3 is 15.4 Å². The van der Waals surface area contributed by atoms with E-state index in [2.05, 4.69) is 4.98 Å². The number of pyridine rings is 1. The number of halogens is 3.